The summed E-state index contributed by atoms with van der Waals surface area (Å²) in [6, 6.07) is -0.901. The average molecular weight is 406 g/mol. The molecule has 0 bridgehead atoms. The summed E-state index contributed by atoms with van der Waals surface area (Å²) < 4.78 is 21.1. The molecule has 4 atom stereocenters. The number of β-lactam (4-membered cyclic amide) rings is 1. The van der Waals surface area contributed by atoms with Gasteiger partial charge in [-0.25, -0.2) is 4.79 Å². The van der Waals surface area contributed by atoms with Crippen LogP contribution in [0.5, 0.6) is 0 Å². The Morgan fingerprint density at radius 3 is 2.65 bits per heavy atom. The molecule has 10 nitrogen and oxygen atoms in total. The fraction of sp³-hybridized carbons (Fsp3) is 0.571. The summed E-state index contributed by atoms with van der Waals surface area (Å²) in [5, 5.41) is 11.4. The molecule has 0 aromatic heterocycles. The molecule has 12 heteroatoms. The van der Waals surface area contributed by atoms with E-state index in [9.17, 15) is 28.8 Å². The predicted octanol–water partition coefficient (Wildman–Crippen LogP) is -1.36. The van der Waals surface area contributed by atoms with Crippen LogP contribution in [0.25, 0.3) is 0 Å². The number of amides is 2. The zero-order chi connectivity index (χ0) is 19.6. The largest absolute Gasteiger partial charge is 0.616 e. The molecule has 2 aliphatic heterocycles. The van der Waals surface area contributed by atoms with Gasteiger partial charge in [0.05, 0.1) is 6.26 Å². The Kier molecular flexibility index (Phi) is 6.55. The van der Waals surface area contributed by atoms with E-state index in [0.29, 0.717) is 0 Å². The highest BCUT2D eigenvalue weighted by Gasteiger charge is 2.55. The third kappa shape index (κ3) is 4.14. The molecule has 2 N–H and O–H groups in total. The molecule has 0 aliphatic carbocycles. The summed E-state index contributed by atoms with van der Waals surface area (Å²) in [5.74, 6) is -3.29. The summed E-state index contributed by atoms with van der Waals surface area (Å²) in [6.07, 6.45) is 0.136. The molecule has 144 valence electrons. The van der Waals surface area contributed by atoms with Crippen LogP contribution in [0, 0.1) is 0 Å². The Morgan fingerprint density at radius 2 is 2.15 bits per heavy atom. The van der Waals surface area contributed by atoms with Crippen LogP contribution >= 0.6 is 11.8 Å². The molecule has 0 spiro atoms. The highest BCUT2D eigenvalue weighted by Crippen LogP contribution is 2.41. The Bertz CT molecular complexity index is 665. The molecule has 2 heterocycles. The maximum atomic E-state index is 12.4. The van der Waals surface area contributed by atoms with Crippen LogP contribution in [0.15, 0.2) is 11.3 Å². The third-order valence-corrected chi connectivity index (χ3v) is 5.59. The van der Waals surface area contributed by atoms with Crippen molar-refractivity contribution in [1.82, 2.24) is 10.2 Å². The van der Waals surface area contributed by atoms with Crippen molar-refractivity contribution in [1.29, 1.82) is 0 Å². The number of nitrogens with one attached hydrogen (secondary N) is 1. The fourth-order valence-electron chi connectivity index (χ4n) is 2.64. The number of rotatable bonds is 7. The average Bonchev–Trinajstić information content (AvgIpc) is 2.55. The van der Waals surface area contributed by atoms with E-state index >= 15 is 0 Å². The van der Waals surface area contributed by atoms with Gasteiger partial charge in [0.25, 0.3) is 11.8 Å². The molecular formula is C14H18N2O8S2. The van der Waals surface area contributed by atoms with Crippen molar-refractivity contribution in [2.75, 3.05) is 24.9 Å². The lowest BCUT2D eigenvalue weighted by atomic mass is 10.0. The standard InChI is InChI=1S/C14H18N2O8S2/c1-6(17)24-14(23-2)7-4-25-12-9(15-8(18)5-26(3)22)11(19)16(12)10(7)13(20)21/h9,12,14H,4-5H2,1-3H3,(H,15,18)(H,20,21)/t9-,12+,14?,26?/m0/s1. The molecule has 0 aromatic carbocycles. The zero-order valence-electron chi connectivity index (χ0n) is 14.2. The first-order valence-corrected chi connectivity index (χ1v) is 10.1. The maximum absolute atomic E-state index is 12.4. The van der Waals surface area contributed by atoms with Gasteiger partial charge in [0.2, 0.25) is 6.29 Å². The molecule has 1 fully saturated rings. The van der Waals surface area contributed by atoms with Gasteiger partial charge in [-0.15, -0.1) is 11.8 Å². The topological polar surface area (TPSA) is 145 Å². The minimum absolute atomic E-state index is 0.133. The number of carboxylic acids is 1. The smallest absolute Gasteiger partial charge is 0.352 e. The van der Waals surface area contributed by atoms with Gasteiger partial charge in [-0.2, -0.15) is 0 Å². The minimum atomic E-state index is -1.37. The van der Waals surface area contributed by atoms with Crippen molar-refractivity contribution in [2.45, 2.75) is 24.6 Å². The first kappa shape index (κ1) is 20.6. The highest BCUT2D eigenvalue weighted by molar-refractivity contribution is 8.00. The van der Waals surface area contributed by atoms with Gasteiger partial charge in [0.1, 0.15) is 17.1 Å². The number of carboxylic acid groups (broad SMARTS) is 1. The molecule has 2 unspecified atom stereocenters. The lowest BCUT2D eigenvalue weighted by Crippen LogP contribution is -2.71. The van der Waals surface area contributed by atoms with E-state index in [1.807, 2.05) is 0 Å². The fourth-order valence-corrected chi connectivity index (χ4v) is 4.45. The summed E-state index contributed by atoms with van der Waals surface area (Å²) >= 11 is -0.149. The number of carbonyl (C=O) groups excluding carboxylic acids is 3. The van der Waals surface area contributed by atoms with E-state index in [0.717, 1.165) is 11.8 Å². The van der Waals surface area contributed by atoms with Crippen LogP contribution in [0.2, 0.25) is 0 Å². The summed E-state index contributed by atoms with van der Waals surface area (Å²) in [5.41, 5.74) is -0.180. The monoisotopic (exact) mass is 406 g/mol. The minimum Gasteiger partial charge on any atom is -0.616 e. The number of methoxy groups -OCH3 is 1. The number of thioether (sulfide) groups is 1. The molecule has 2 aliphatic rings. The van der Waals surface area contributed by atoms with Crippen LogP contribution < -0.4 is 5.32 Å². The van der Waals surface area contributed by atoms with Crippen molar-refractivity contribution >= 4 is 46.7 Å². The number of fused-ring (bicyclic) bond motifs is 1. The highest BCUT2D eigenvalue weighted by atomic mass is 32.2. The van der Waals surface area contributed by atoms with E-state index in [-0.39, 0.29) is 22.8 Å². The molecule has 1 saturated heterocycles. The van der Waals surface area contributed by atoms with Gasteiger partial charge >= 0.3 is 11.9 Å². The van der Waals surface area contributed by atoms with E-state index in [1.54, 1.807) is 0 Å². The maximum Gasteiger partial charge on any atom is 0.352 e. The molecule has 26 heavy (non-hydrogen) atoms. The number of esters is 1. The lowest BCUT2D eigenvalue weighted by molar-refractivity contribution is -0.165. The van der Waals surface area contributed by atoms with Crippen LogP contribution in [-0.4, -0.2) is 80.9 Å². The first-order valence-electron chi connectivity index (χ1n) is 7.37. The van der Waals surface area contributed by atoms with Crippen molar-refractivity contribution in [3.05, 3.63) is 11.3 Å². The van der Waals surface area contributed by atoms with E-state index < -0.39 is 52.6 Å². The van der Waals surface area contributed by atoms with Crippen LogP contribution in [0.3, 0.4) is 0 Å². The predicted molar refractivity (Wildman–Crippen MR) is 91.2 cm³/mol. The molecular weight excluding hydrogens is 388 g/mol. The van der Waals surface area contributed by atoms with Crippen molar-refractivity contribution in [3.8, 4) is 0 Å². The van der Waals surface area contributed by atoms with E-state index in [1.165, 1.54) is 25.1 Å². The van der Waals surface area contributed by atoms with Gasteiger partial charge in [-0.1, -0.05) is 0 Å². The quantitative estimate of drug-likeness (QED) is 0.226. The molecule has 2 rings (SSSR count). The second kappa shape index (κ2) is 8.29. The van der Waals surface area contributed by atoms with E-state index in [4.69, 9.17) is 9.47 Å². The van der Waals surface area contributed by atoms with Crippen molar-refractivity contribution < 1.29 is 38.3 Å². The number of carbonyl (C=O) groups is 4. The lowest BCUT2D eigenvalue weighted by Gasteiger charge is -2.49. The SMILES string of the molecule is COC(OC(C)=O)C1=C(C(=O)O)N2C(=O)[C@H](NC(=O)C[S+](C)[O-])[C@H]2SC1. The number of hydrogen-bond donors (Lipinski definition) is 2. The Morgan fingerprint density at radius 1 is 1.50 bits per heavy atom. The molecule has 0 aromatic rings. The zero-order valence-corrected chi connectivity index (χ0v) is 15.8. The summed E-state index contributed by atoms with van der Waals surface area (Å²) in [7, 11) is 1.25. The van der Waals surface area contributed by atoms with Gasteiger partial charge in [0.15, 0.2) is 5.75 Å². The van der Waals surface area contributed by atoms with E-state index in [2.05, 4.69) is 5.32 Å². The Labute approximate surface area is 156 Å². The molecule has 0 saturated carbocycles. The second-order valence-corrected chi connectivity index (χ2v) is 8.07. The first-order chi connectivity index (χ1) is 12.2. The van der Waals surface area contributed by atoms with Gasteiger partial charge in [-0.3, -0.25) is 19.3 Å². The summed E-state index contributed by atoms with van der Waals surface area (Å²) in [6.45, 7) is 1.16. The summed E-state index contributed by atoms with van der Waals surface area (Å²) in [4.78, 5) is 48.0. The van der Waals surface area contributed by atoms with Gasteiger partial charge in [-0.05, 0) is 11.2 Å². The number of hydrogen-bond acceptors (Lipinski definition) is 8. The van der Waals surface area contributed by atoms with Gasteiger partial charge in [0, 0.05) is 25.4 Å². The number of nitrogens with zero attached hydrogens (tertiary/aromatic N) is 1. The van der Waals surface area contributed by atoms with Crippen LogP contribution in [-0.2, 0) is 39.8 Å². The van der Waals surface area contributed by atoms with Crippen LogP contribution in [0.1, 0.15) is 6.92 Å². The second-order valence-electron chi connectivity index (χ2n) is 5.53. The van der Waals surface area contributed by atoms with Crippen LogP contribution in [0.4, 0.5) is 0 Å². The number of ether oxygens (including phenoxy) is 2. The number of aliphatic carboxylic acids is 1. The van der Waals surface area contributed by atoms with Crippen molar-refractivity contribution in [2.24, 2.45) is 0 Å². The molecule has 2 amide bonds. The Balaban J connectivity index is 2.23. The van der Waals surface area contributed by atoms with Crippen molar-refractivity contribution in [3.63, 3.8) is 0 Å². The van der Waals surface area contributed by atoms with Gasteiger partial charge < -0.3 is 24.4 Å². The Hall–Kier alpha value is -1.76. The third-order valence-electron chi connectivity index (χ3n) is 3.62. The molecule has 0 radical (unpaired) electrons. The normalized spacial score (nSPS) is 24.3.